The lowest BCUT2D eigenvalue weighted by atomic mass is 10.2. The first-order chi connectivity index (χ1) is 11.2. The van der Waals surface area contributed by atoms with Crippen LogP contribution < -0.4 is 4.72 Å². The smallest absolute Gasteiger partial charge is 0.258 e. The Hall–Kier alpha value is -1.84. The Bertz CT molecular complexity index is 844. The van der Waals surface area contributed by atoms with Crippen LogP contribution >= 0.6 is 11.3 Å². The molecule has 2 rings (SSSR count). The summed E-state index contributed by atoms with van der Waals surface area (Å²) in [6.45, 7) is 5.90. The molecule has 0 unspecified atom stereocenters. The number of nitrogens with one attached hydrogen (secondary N) is 1. The van der Waals surface area contributed by atoms with E-state index in [9.17, 15) is 18.5 Å². The molecule has 1 aromatic heterocycles. The van der Waals surface area contributed by atoms with Gasteiger partial charge >= 0.3 is 0 Å². The fraction of sp³-hybridized carbons (Fsp3) is 0.400. The molecule has 7 nitrogen and oxygen atoms in total. The highest BCUT2D eigenvalue weighted by Gasteiger charge is 2.20. The summed E-state index contributed by atoms with van der Waals surface area (Å²) in [6.07, 6.45) is 0.469. The molecule has 0 saturated carbocycles. The minimum absolute atomic E-state index is 0.0714. The van der Waals surface area contributed by atoms with Gasteiger partial charge < -0.3 is 0 Å². The van der Waals surface area contributed by atoms with E-state index < -0.39 is 14.9 Å². The number of nitrogens with zero attached hydrogens (tertiary/aromatic N) is 2. The van der Waals surface area contributed by atoms with Crippen LogP contribution in [0.1, 0.15) is 36.0 Å². The predicted molar refractivity (Wildman–Crippen MR) is 92.9 cm³/mol. The van der Waals surface area contributed by atoms with E-state index in [0.29, 0.717) is 17.9 Å². The fourth-order valence-electron chi connectivity index (χ4n) is 2.09. The van der Waals surface area contributed by atoms with E-state index in [1.54, 1.807) is 18.3 Å². The topological polar surface area (TPSA) is 102 Å². The van der Waals surface area contributed by atoms with Gasteiger partial charge in [0.05, 0.1) is 20.5 Å². The quantitative estimate of drug-likeness (QED) is 0.597. The van der Waals surface area contributed by atoms with E-state index in [-0.39, 0.29) is 17.1 Å². The highest BCUT2D eigenvalue weighted by Crippen LogP contribution is 2.22. The lowest BCUT2D eigenvalue weighted by molar-refractivity contribution is -0.385. The second-order valence-electron chi connectivity index (χ2n) is 5.69. The van der Waals surface area contributed by atoms with E-state index in [1.807, 2.05) is 5.38 Å². The van der Waals surface area contributed by atoms with E-state index in [2.05, 4.69) is 23.6 Å². The number of hydrogen-bond acceptors (Lipinski definition) is 6. The number of nitro benzene ring substituents is 1. The highest BCUT2D eigenvalue weighted by atomic mass is 32.2. The summed E-state index contributed by atoms with van der Waals surface area (Å²) in [5.41, 5.74) is 1.05. The number of nitro groups is 1. The Morgan fingerprint density at radius 3 is 2.67 bits per heavy atom. The van der Waals surface area contributed by atoms with Crippen LogP contribution in [0.4, 0.5) is 5.69 Å². The van der Waals surface area contributed by atoms with Gasteiger partial charge in [-0.25, -0.2) is 18.1 Å². The second-order valence-corrected chi connectivity index (χ2v) is 8.31. The molecule has 0 spiro atoms. The van der Waals surface area contributed by atoms with E-state index in [4.69, 9.17) is 0 Å². The van der Waals surface area contributed by atoms with Gasteiger partial charge in [0.2, 0.25) is 10.0 Å². The molecule has 0 radical (unpaired) electrons. The molecule has 0 aliphatic heterocycles. The molecular weight excluding hydrogens is 350 g/mol. The second kappa shape index (κ2) is 7.37. The zero-order valence-electron chi connectivity index (χ0n) is 13.6. The van der Waals surface area contributed by atoms with E-state index >= 15 is 0 Å². The molecule has 1 N–H and O–H groups in total. The van der Waals surface area contributed by atoms with Crippen LogP contribution in [-0.4, -0.2) is 24.9 Å². The summed E-state index contributed by atoms with van der Waals surface area (Å²) in [5, 5.41) is 13.8. The third kappa shape index (κ3) is 4.37. The minimum atomic E-state index is -3.81. The summed E-state index contributed by atoms with van der Waals surface area (Å²) >= 11 is 1.56. The van der Waals surface area contributed by atoms with E-state index in [0.717, 1.165) is 16.8 Å². The number of aromatic nitrogens is 1. The molecule has 0 aliphatic rings. The van der Waals surface area contributed by atoms with Crippen molar-refractivity contribution >= 4 is 27.0 Å². The number of aryl methyl sites for hydroxylation is 1. The van der Waals surface area contributed by atoms with Crippen molar-refractivity contribution in [3.8, 4) is 0 Å². The number of non-ortho nitro benzene ring substituents is 1. The molecule has 0 atom stereocenters. The Morgan fingerprint density at radius 2 is 2.08 bits per heavy atom. The van der Waals surface area contributed by atoms with Crippen LogP contribution in [0, 0.1) is 17.0 Å². The number of sulfonamides is 1. The number of hydrogen-bond donors (Lipinski definition) is 1. The van der Waals surface area contributed by atoms with Gasteiger partial charge in [-0.2, -0.15) is 0 Å². The fourth-order valence-corrected chi connectivity index (χ4v) is 4.25. The van der Waals surface area contributed by atoms with Crippen molar-refractivity contribution in [3.63, 3.8) is 0 Å². The third-order valence-corrected chi connectivity index (χ3v) is 6.21. The summed E-state index contributed by atoms with van der Waals surface area (Å²) in [7, 11) is -3.81. The van der Waals surface area contributed by atoms with Crippen LogP contribution in [0.5, 0.6) is 0 Å². The lowest BCUT2D eigenvalue weighted by Crippen LogP contribution is -2.26. The van der Waals surface area contributed by atoms with Crippen LogP contribution in [0.15, 0.2) is 28.5 Å². The Kier molecular flexibility index (Phi) is 5.68. The summed E-state index contributed by atoms with van der Waals surface area (Å²) in [6, 6.07) is 3.80. The monoisotopic (exact) mass is 369 g/mol. The van der Waals surface area contributed by atoms with Gasteiger partial charge in [0.25, 0.3) is 5.69 Å². The van der Waals surface area contributed by atoms with Crippen molar-refractivity contribution in [1.29, 1.82) is 0 Å². The number of rotatable bonds is 7. The molecule has 0 aliphatic carbocycles. The molecule has 0 saturated heterocycles. The highest BCUT2D eigenvalue weighted by molar-refractivity contribution is 7.89. The van der Waals surface area contributed by atoms with Crippen LogP contribution in [0.2, 0.25) is 0 Å². The first kappa shape index (κ1) is 18.5. The largest absolute Gasteiger partial charge is 0.270 e. The van der Waals surface area contributed by atoms with Gasteiger partial charge in [-0.3, -0.25) is 10.1 Å². The summed E-state index contributed by atoms with van der Waals surface area (Å²) in [5.74, 6) is 0.341. The molecule has 24 heavy (non-hydrogen) atoms. The zero-order valence-corrected chi connectivity index (χ0v) is 15.3. The van der Waals surface area contributed by atoms with Gasteiger partial charge in [-0.05, 0) is 12.5 Å². The third-order valence-electron chi connectivity index (χ3n) is 3.41. The minimum Gasteiger partial charge on any atom is -0.258 e. The molecule has 2 aromatic rings. The first-order valence-corrected chi connectivity index (χ1v) is 9.76. The van der Waals surface area contributed by atoms with Crippen LogP contribution in [0.25, 0.3) is 0 Å². The van der Waals surface area contributed by atoms with Crippen molar-refractivity contribution < 1.29 is 13.3 Å². The predicted octanol–water partition coefficient (Wildman–Crippen LogP) is 3.00. The average molecular weight is 369 g/mol. The van der Waals surface area contributed by atoms with Crippen molar-refractivity contribution in [3.05, 3.63) is 50.0 Å². The summed E-state index contributed by atoms with van der Waals surface area (Å²) in [4.78, 5) is 14.6. The van der Waals surface area contributed by atoms with Crippen molar-refractivity contribution in [2.24, 2.45) is 0 Å². The molecule has 0 amide bonds. The Labute approximate surface area is 145 Å². The molecular formula is C15H19N3O4S2. The van der Waals surface area contributed by atoms with Crippen molar-refractivity contribution in [1.82, 2.24) is 9.71 Å². The van der Waals surface area contributed by atoms with Gasteiger partial charge in [-0.1, -0.05) is 19.9 Å². The molecule has 1 heterocycles. The van der Waals surface area contributed by atoms with Gasteiger partial charge in [0.15, 0.2) is 0 Å². The SMILES string of the molecule is Cc1ccc([N+](=O)[O-])cc1S(=O)(=O)NCCc1csc(C(C)C)n1. The van der Waals surface area contributed by atoms with Crippen LogP contribution in [0.3, 0.4) is 0 Å². The lowest BCUT2D eigenvalue weighted by Gasteiger charge is -2.08. The molecule has 1 aromatic carbocycles. The maximum Gasteiger partial charge on any atom is 0.270 e. The maximum atomic E-state index is 12.4. The Balaban J connectivity index is 2.08. The Morgan fingerprint density at radius 1 is 1.38 bits per heavy atom. The molecule has 9 heteroatoms. The zero-order chi connectivity index (χ0) is 17.9. The average Bonchev–Trinajstić information content (AvgIpc) is 2.96. The maximum absolute atomic E-state index is 12.4. The van der Waals surface area contributed by atoms with Crippen molar-refractivity contribution in [2.45, 2.75) is 38.0 Å². The van der Waals surface area contributed by atoms with Gasteiger partial charge in [-0.15, -0.1) is 11.3 Å². The first-order valence-electron chi connectivity index (χ1n) is 7.39. The van der Waals surface area contributed by atoms with Crippen molar-refractivity contribution in [2.75, 3.05) is 6.54 Å². The van der Waals surface area contributed by atoms with Gasteiger partial charge in [0, 0.05) is 36.4 Å². The number of thiazole rings is 1. The van der Waals surface area contributed by atoms with E-state index in [1.165, 1.54) is 12.1 Å². The summed E-state index contributed by atoms with van der Waals surface area (Å²) < 4.78 is 27.2. The normalized spacial score (nSPS) is 11.8. The van der Waals surface area contributed by atoms with Gasteiger partial charge in [0.1, 0.15) is 0 Å². The molecule has 0 fully saturated rings. The standard InChI is InChI=1S/C15H19N3O4S2/c1-10(2)15-17-12(9-23-15)6-7-16-24(21,22)14-8-13(18(19)20)5-4-11(14)3/h4-5,8-10,16H,6-7H2,1-3H3. The molecule has 0 bridgehead atoms. The number of benzene rings is 1. The van der Waals surface area contributed by atoms with Crippen LogP contribution in [-0.2, 0) is 16.4 Å². The molecule has 130 valence electrons.